The number of nitrogens with one attached hydrogen (secondary N) is 2. The van der Waals surface area contributed by atoms with Crippen LogP contribution in [0.3, 0.4) is 0 Å². The van der Waals surface area contributed by atoms with E-state index in [1.807, 2.05) is 25.1 Å². The Morgan fingerprint density at radius 2 is 1.57 bits per heavy atom. The standard InChI is InChI=1S/C29H33N7O5S/c1-35(2)20-16-36(17-20)26(27(30)37)18-8-7-9-23(12-18)42(38,39)34-29-28(32-24-10-5-6-11-25(24)33-29)31-19-13-21(40-3)15-22(14-19)41-4/h5-15,20,26H,16-17H2,1-4H3,(H2,30,37)(H,31,32)(H,33,34). The molecule has 0 bridgehead atoms. The quantitative estimate of drug-likeness (QED) is 0.237. The number of aromatic nitrogens is 2. The van der Waals surface area contributed by atoms with Gasteiger partial charge in [-0.1, -0.05) is 24.3 Å². The first-order chi connectivity index (χ1) is 20.1. The SMILES string of the molecule is COc1cc(Nc2nc3ccccc3nc2NS(=O)(=O)c2cccc(C(C(N)=O)N3CC(N(C)C)C3)c2)cc(OC)c1. The van der Waals surface area contributed by atoms with Crippen molar-refractivity contribution in [2.75, 3.05) is 51.4 Å². The molecule has 42 heavy (non-hydrogen) atoms. The third-order valence-corrected chi connectivity index (χ3v) is 8.49. The maximum Gasteiger partial charge on any atom is 0.263 e. The van der Waals surface area contributed by atoms with Crippen molar-refractivity contribution in [1.82, 2.24) is 19.8 Å². The Morgan fingerprint density at radius 1 is 0.952 bits per heavy atom. The van der Waals surface area contributed by atoms with Crippen molar-refractivity contribution in [3.63, 3.8) is 0 Å². The molecule has 1 aromatic heterocycles. The Hall–Kier alpha value is -4.46. The summed E-state index contributed by atoms with van der Waals surface area (Å²) >= 11 is 0. The monoisotopic (exact) mass is 591 g/mol. The Morgan fingerprint density at radius 3 is 2.14 bits per heavy atom. The molecule has 1 saturated heterocycles. The second-order valence-electron chi connectivity index (χ2n) is 10.2. The maximum atomic E-state index is 13.7. The van der Waals surface area contributed by atoms with Crippen molar-refractivity contribution in [2.24, 2.45) is 5.73 Å². The normalized spacial score (nSPS) is 14.8. The summed E-state index contributed by atoms with van der Waals surface area (Å²) in [4.78, 5) is 25.6. The Kier molecular flexibility index (Phi) is 8.16. The van der Waals surface area contributed by atoms with Crippen molar-refractivity contribution in [3.8, 4) is 11.5 Å². The van der Waals surface area contributed by atoms with Gasteiger partial charge in [-0.05, 0) is 43.9 Å². The van der Waals surface area contributed by atoms with Gasteiger partial charge in [0.2, 0.25) is 5.91 Å². The zero-order valence-corrected chi connectivity index (χ0v) is 24.6. The number of likely N-dealkylation sites (N-methyl/N-ethyl adjacent to an activating group) is 1. The van der Waals surface area contributed by atoms with Crippen LogP contribution in [0.1, 0.15) is 11.6 Å². The summed E-state index contributed by atoms with van der Waals surface area (Å²) in [5.74, 6) is 0.689. The molecule has 3 aromatic carbocycles. The minimum Gasteiger partial charge on any atom is -0.497 e. The van der Waals surface area contributed by atoms with Gasteiger partial charge in [0.25, 0.3) is 10.0 Å². The van der Waals surface area contributed by atoms with Gasteiger partial charge in [0.05, 0.1) is 30.1 Å². The van der Waals surface area contributed by atoms with Crippen LogP contribution in [0.4, 0.5) is 17.3 Å². The van der Waals surface area contributed by atoms with E-state index in [2.05, 4.69) is 24.9 Å². The molecule has 1 amide bonds. The van der Waals surface area contributed by atoms with Gasteiger partial charge in [0, 0.05) is 43.0 Å². The number of ether oxygens (including phenoxy) is 2. The number of carbonyl (C=O) groups excluding carboxylic acids is 1. The minimum atomic E-state index is -4.16. The minimum absolute atomic E-state index is 0.0103. The summed E-state index contributed by atoms with van der Waals surface area (Å²) < 4.78 is 40.7. The van der Waals surface area contributed by atoms with E-state index < -0.39 is 22.0 Å². The predicted molar refractivity (Wildman–Crippen MR) is 161 cm³/mol. The molecule has 0 saturated carbocycles. The molecule has 220 valence electrons. The van der Waals surface area contributed by atoms with Gasteiger partial charge in [0.1, 0.15) is 17.5 Å². The van der Waals surface area contributed by atoms with E-state index in [1.165, 1.54) is 26.4 Å². The molecule has 5 rings (SSSR count). The molecule has 2 heterocycles. The van der Waals surface area contributed by atoms with E-state index in [9.17, 15) is 13.2 Å². The van der Waals surface area contributed by atoms with Crippen LogP contribution in [-0.2, 0) is 14.8 Å². The van der Waals surface area contributed by atoms with Crippen LogP contribution >= 0.6 is 0 Å². The number of anilines is 3. The summed E-state index contributed by atoms with van der Waals surface area (Å²) in [6, 6.07) is 18.1. The van der Waals surface area contributed by atoms with Crippen LogP contribution in [0.25, 0.3) is 11.0 Å². The predicted octanol–water partition coefficient (Wildman–Crippen LogP) is 2.96. The first-order valence-electron chi connectivity index (χ1n) is 13.2. The van der Waals surface area contributed by atoms with Crippen LogP contribution in [0.5, 0.6) is 11.5 Å². The summed E-state index contributed by atoms with van der Waals surface area (Å²) in [6.45, 7) is 1.29. The third kappa shape index (κ3) is 6.08. The van der Waals surface area contributed by atoms with E-state index >= 15 is 0 Å². The molecule has 1 atom stereocenters. The van der Waals surface area contributed by atoms with Gasteiger partial charge in [0.15, 0.2) is 11.6 Å². The summed E-state index contributed by atoms with van der Waals surface area (Å²) in [7, 11) is 2.86. The Bertz CT molecular complexity index is 1700. The fraction of sp³-hybridized carbons (Fsp3) is 0.276. The maximum absolute atomic E-state index is 13.7. The van der Waals surface area contributed by atoms with Crippen molar-refractivity contribution in [3.05, 3.63) is 72.3 Å². The average molecular weight is 592 g/mol. The van der Waals surface area contributed by atoms with Crippen molar-refractivity contribution in [1.29, 1.82) is 0 Å². The number of fused-ring (bicyclic) bond motifs is 1. The molecule has 1 aliphatic heterocycles. The van der Waals surface area contributed by atoms with E-state index in [4.69, 9.17) is 15.2 Å². The second-order valence-corrected chi connectivity index (χ2v) is 11.9. The highest BCUT2D eigenvalue weighted by Gasteiger charge is 2.37. The van der Waals surface area contributed by atoms with Gasteiger partial charge in [-0.25, -0.2) is 18.4 Å². The van der Waals surface area contributed by atoms with Gasteiger partial charge in [-0.2, -0.15) is 0 Å². The number of carbonyl (C=O) groups is 1. The van der Waals surface area contributed by atoms with E-state index in [-0.39, 0.29) is 16.5 Å². The number of likely N-dealkylation sites (tertiary alicyclic amines) is 1. The smallest absolute Gasteiger partial charge is 0.263 e. The summed E-state index contributed by atoms with van der Waals surface area (Å²) in [5, 5.41) is 3.14. The number of benzene rings is 3. The zero-order valence-electron chi connectivity index (χ0n) is 23.7. The second kappa shape index (κ2) is 11.8. The van der Waals surface area contributed by atoms with Crippen LogP contribution in [-0.4, -0.2) is 81.5 Å². The number of rotatable bonds is 11. The van der Waals surface area contributed by atoms with Gasteiger partial charge in [-0.3, -0.25) is 14.4 Å². The molecule has 0 radical (unpaired) electrons. The summed E-state index contributed by atoms with van der Waals surface area (Å²) in [5.41, 5.74) is 7.87. The van der Waals surface area contributed by atoms with Crippen molar-refractivity contribution >= 4 is 44.3 Å². The zero-order chi connectivity index (χ0) is 30.0. The molecule has 13 heteroatoms. The van der Waals surface area contributed by atoms with Gasteiger partial charge in [-0.15, -0.1) is 0 Å². The number of amides is 1. The van der Waals surface area contributed by atoms with E-state index in [1.54, 1.807) is 48.5 Å². The highest BCUT2D eigenvalue weighted by atomic mass is 32.2. The first kappa shape index (κ1) is 29.0. The fourth-order valence-electron chi connectivity index (χ4n) is 4.79. The molecular weight excluding hydrogens is 558 g/mol. The van der Waals surface area contributed by atoms with Crippen LogP contribution in [0, 0.1) is 0 Å². The van der Waals surface area contributed by atoms with Crippen molar-refractivity contribution < 1.29 is 22.7 Å². The number of nitrogens with zero attached hydrogens (tertiary/aromatic N) is 4. The lowest BCUT2D eigenvalue weighted by Crippen LogP contribution is -2.60. The molecule has 1 unspecified atom stereocenters. The molecule has 1 fully saturated rings. The Labute approximate surface area is 244 Å². The lowest BCUT2D eigenvalue weighted by atomic mass is 9.98. The molecule has 0 spiro atoms. The van der Waals surface area contributed by atoms with E-state index in [0.717, 1.165) is 0 Å². The first-order valence-corrected chi connectivity index (χ1v) is 14.7. The summed E-state index contributed by atoms with van der Waals surface area (Å²) in [6.07, 6.45) is 0. The number of nitrogens with two attached hydrogens (primary N) is 1. The number of methoxy groups -OCH3 is 2. The fourth-order valence-corrected chi connectivity index (χ4v) is 5.86. The lowest BCUT2D eigenvalue weighted by Gasteiger charge is -2.46. The molecule has 1 aliphatic rings. The third-order valence-electron chi connectivity index (χ3n) is 7.16. The highest BCUT2D eigenvalue weighted by Crippen LogP contribution is 2.33. The highest BCUT2D eigenvalue weighted by molar-refractivity contribution is 7.92. The molecule has 4 aromatic rings. The average Bonchev–Trinajstić information content (AvgIpc) is 2.94. The molecule has 12 nitrogen and oxygen atoms in total. The number of primary amides is 1. The van der Waals surface area contributed by atoms with E-state index in [0.29, 0.717) is 52.9 Å². The van der Waals surface area contributed by atoms with Crippen LogP contribution in [0.2, 0.25) is 0 Å². The topological polar surface area (TPSA) is 152 Å². The molecule has 0 aliphatic carbocycles. The number of hydrogen-bond donors (Lipinski definition) is 3. The largest absolute Gasteiger partial charge is 0.497 e. The van der Waals surface area contributed by atoms with Crippen LogP contribution in [0.15, 0.2) is 71.6 Å². The van der Waals surface area contributed by atoms with Gasteiger partial charge < -0.3 is 25.4 Å². The number of hydrogen-bond acceptors (Lipinski definition) is 10. The van der Waals surface area contributed by atoms with Gasteiger partial charge >= 0.3 is 0 Å². The number of para-hydroxylation sites is 2. The van der Waals surface area contributed by atoms with Crippen LogP contribution < -0.4 is 25.2 Å². The Balaban J connectivity index is 1.49. The molecular formula is C29H33N7O5S. The molecule has 4 N–H and O–H groups in total. The van der Waals surface area contributed by atoms with Crippen molar-refractivity contribution in [2.45, 2.75) is 17.0 Å². The lowest BCUT2D eigenvalue weighted by molar-refractivity contribution is -0.126. The number of sulfonamides is 1.